The lowest BCUT2D eigenvalue weighted by Crippen LogP contribution is -2.15. The number of nitrogens with two attached hydrogens (primary N) is 1. The molecule has 0 unspecified atom stereocenters. The molecule has 2 aromatic rings. The highest BCUT2D eigenvalue weighted by molar-refractivity contribution is 5.96. The standard InChI is InChI=1S/C13H13N3O2/c1-8-9(4-3-6-15-8)10-5-7-16-11(13(14)17)12(10)18-2/h3-7H,1-2H3,(H2,14,17). The molecule has 0 aliphatic rings. The van der Waals surface area contributed by atoms with Gasteiger partial charge in [-0.15, -0.1) is 0 Å². The Labute approximate surface area is 105 Å². The molecule has 0 radical (unpaired) electrons. The predicted octanol–water partition coefficient (Wildman–Crippen LogP) is 1.56. The van der Waals surface area contributed by atoms with Crippen LogP contribution in [0.5, 0.6) is 5.75 Å². The van der Waals surface area contributed by atoms with E-state index in [0.29, 0.717) is 5.75 Å². The average molecular weight is 243 g/mol. The third-order valence-corrected chi connectivity index (χ3v) is 2.64. The second-order valence-electron chi connectivity index (χ2n) is 3.74. The van der Waals surface area contributed by atoms with Gasteiger partial charge in [0.15, 0.2) is 11.4 Å². The highest BCUT2D eigenvalue weighted by Crippen LogP contribution is 2.32. The first-order valence-electron chi connectivity index (χ1n) is 5.40. The Morgan fingerprint density at radius 3 is 2.61 bits per heavy atom. The fraction of sp³-hybridized carbons (Fsp3) is 0.154. The fourth-order valence-corrected chi connectivity index (χ4v) is 1.81. The van der Waals surface area contributed by atoms with E-state index in [4.69, 9.17) is 10.5 Å². The van der Waals surface area contributed by atoms with Gasteiger partial charge in [-0.05, 0) is 19.1 Å². The number of hydrogen-bond acceptors (Lipinski definition) is 4. The Balaban J connectivity index is 2.69. The normalized spacial score (nSPS) is 10.1. The zero-order valence-electron chi connectivity index (χ0n) is 10.2. The average Bonchev–Trinajstić information content (AvgIpc) is 2.38. The summed E-state index contributed by atoms with van der Waals surface area (Å²) in [7, 11) is 1.48. The van der Waals surface area contributed by atoms with E-state index in [1.54, 1.807) is 12.3 Å². The van der Waals surface area contributed by atoms with E-state index < -0.39 is 5.91 Å². The molecule has 18 heavy (non-hydrogen) atoms. The molecule has 0 aromatic carbocycles. The van der Waals surface area contributed by atoms with E-state index in [1.165, 1.54) is 13.3 Å². The van der Waals surface area contributed by atoms with Gasteiger partial charge < -0.3 is 10.5 Å². The maximum atomic E-state index is 11.3. The van der Waals surface area contributed by atoms with Crippen LogP contribution in [0.15, 0.2) is 30.6 Å². The van der Waals surface area contributed by atoms with Crippen LogP contribution in [-0.4, -0.2) is 23.0 Å². The predicted molar refractivity (Wildman–Crippen MR) is 67.3 cm³/mol. The number of aromatic nitrogens is 2. The van der Waals surface area contributed by atoms with Gasteiger partial charge >= 0.3 is 0 Å². The van der Waals surface area contributed by atoms with Crippen LogP contribution in [0.1, 0.15) is 16.2 Å². The van der Waals surface area contributed by atoms with E-state index in [0.717, 1.165) is 16.8 Å². The van der Waals surface area contributed by atoms with Crippen LogP contribution in [0.4, 0.5) is 0 Å². The molecule has 5 heteroatoms. The number of methoxy groups -OCH3 is 1. The van der Waals surface area contributed by atoms with Crippen molar-refractivity contribution in [3.8, 4) is 16.9 Å². The third kappa shape index (κ3) is 2.02. The van der Waals surface area contributed by atoms with Gasteiger partial charge in [-0.3, -0.25) is 9.78 Å². The molecule has 0 aliphatic carbocycles. The number of carbonyl (C=O) groups excluding carboxylic acids is 1. The van der Waals surface area contributed by atoms with Crippen molar-refractivity contribution >= 4 is 5.91 Å². The van der Waals surface area contributed by atoms with Gasteiger partial charge in [0.25, 0.3) is 5.91 Å². The summed E-state index contributed by atoms with van der Waals surface area (Å²) in [6.45, 7) is 1.89. The molecule has 0 spiro atoms. The molecule has 0 fully saturated rings. The Bertz CT molecular complexity index is 597. The Morgan fingerprint density at radius 2 is 2.00 bits per heavy atom. The van der Waals surface area contributed by atoms with Crippen molar-refractivity contribution in [2.45, 2.75) is 6.92 Å². The Morgan fingerprint density at radius 1 is 1.22 bits per heavy atom. The number of ether oxygens (including phenoxy) is 1. The van der Waals surface area contributed by atoms with Crippen LogP contribution >= 0.6 is 0 Å². The second kappa shape index (κ2) is 4.83. The van der Waals surface area contributed by atoms with Crippen molar-refractivity contribution < 1.29 is 9.53 Å². The number of rotatable bonds is 3. The van der Waals surface area contributed by atoms with Crippen LogP contribution in [0, 0.1) is 6.92 Å². The van der Waals surface area contributed by atoms with Gasteiger partial charge in [0.1, 0.15) is 0 Å². The molecule has 2 rings (SSSR count). The first-order valence-corrected chi connectivity index (χ1v) is 5.40. The molecule has 2 aromatic heterocycles. The summed E-state index contributed by atoms with van der Waals surface area (Å²) in [6.07, 6.45) is 3.24. The van der Waals surface area contributed by atoms with Crippen molar-refractivity contribution in [2.24, 2.45) is 5.73 Å². The maximum Gasteiger partial charge on any atom is 0.271 e. The fourth-order valence-electron chi connectivity index (χ4n) is 1.81. The summed E-state index contributed by atoms with van der Waals surface area (Å²) < 4.78 is 5.26. The quantitative estimate of drug-likeness (QED) is 0.887. The van der Waals surface area contributed by atoms with Crippen molar-refractivity contribution in [2.75, 3.05) is 7.11 Å². The topological polar surface area (TPSA) is 78.1 Å². The number of carbonyl (C=O) groups is 1. The number of primary amides is 1. The van der Waals surface area contributed by atoms with Crippen LogP contribution in [0.2, 0.25) is 0 Å². The zero-order valence-corrected chi connectivity index (χ0v) is 10.2. The number of nitrogens with zero attached hydrogens (tertiary/aromatic N) is 2. The lowest BCUT2D eigenvalue weighted by atomic mass is 10.0. The summed E-state index contributed by atoms with van der Waals surface area (Å²) in [6, 6.07) is 5.51. The van der Waals surface area contributed by atoms with E-state index in [9.17, 15) is 4.79 Å². The minimum Gasteiger partial charge on any atom is -0.494 e. The van der Waals surface area contributed by atoms with Crippen LogP contribution in [-0.2, 0) is 0 Å². The molecule has 0 atom stereocenters. The highest BCUT2D eigenvalue weighted by Gasteiger charge is 2.17. The summed E-state index contributed by atoms with van der Waals surface area (Å²) >= 11 is 0. The molecule has 2 N–H and O–H groups in total. The summed E-state index contributed by atoms with van der Waals surface area (Å²) in [5.41, 5.74) is 7.89. The summed E-state index contributed by atoms with van der Waals surface area (Å²) in [4.78, 5) is 19.5. The monoisotopic (exact) mass is 243 g/mol. The molecule has 2 heterocycles. The zero-order chi connectivity index (χ0) is 13.1. The maximum absolute atomic E-state index is 11.3. The lowest BCUT2D eigenvalue weighted by molar-refractivity contribution is 0.0992. The second-order valence-corrected chi connectivity index (χ2v) is 3.74. The van der Waals surface area contributed by atoms with Crippen molar-refractivity contribution in [3.05, 3.63) is 42.0 Å². The van der Waals surface area contributed by atoms with Crippen LogP contribution in [0.25, 0.3) is 11.1 Å². The summed E-state index contributed by atoms with van der Waals surface area (Å²) in [5, 5.41) is 0. The molecule has 0 bridgehead atoms. The first-order chi connectivity index (χ1) is 8.65. The first kappa shape index (κ1) is 12.0. The number of amides is 1. The number of hydrogen-bond donors (Lipinski definition) is 1. The molecule has 0 saturated heterocycles. The van der Waals surface area contributed by atoms with E-state index in [2.05, 4.69) is 9.97 Å². The minimum atomic E-state index is -0.616. The third-order valence-electron chi connectivity index (χ3n) is 2.64. The summed E-state index contributed by atoms with van der Waals surface area (Å²) in [5.74, 6) is -0.239. The van der Waals surface area contributed by atoms with Gasteiger partial charge in [-0.1, -0.05) is 6.07 Å². The minimum absolute atomic E-state index is 0.123. The van der Waals surface area contributed by atoms with Crippen LogP contribution in [0.3, 0.4) is 0 Å². The molecular weight excluding hydrogens is 230 g/mol. The Hall–Kier alpha value is -2.43. The smallest absolute Gasteiger partial charge is 0.271 e. The van der Waals surface area contributed by atoms with Gasteiger partial charge in [0.2, 0.25) is 0 Å². The van der Waals surface area contributed by atoms with Gasteiger partial charge in [0.05, 0.1) is 7.11 Å². The van der Waals surface area contributed by atoms with Crippen molar-refractivity contribution in [1.82, 2.24) is 9.97 Å². The molecule has 1 amide bonds. The number of aryl methyl sites for hydroxylation is 1. The van der Waals surface area contributed by atoms with Gasteiger partial charge in [-0.2, -0.15) is 0 Å². The molecule has 0 saturated carbocycles. The van der Waals surface area contributed by atoms with Gasteiger partial charge in [0, 0.05) is 29.2 Å². The van der Waals surface area contributed by atoms with E-state index >= 15 is 0 Å². The number of pyridine rings is 2. The van der Waals surface area contributed by atoms with Crippen molar-refractivity contribution in [3.63, 3.8) is 0 Å². The van der Waals surface area contributed by atoms with Crippen LogP contribution < -0.4 is 10.5 Å². The lowest BCUT2D eigenvalue weighted by Gasteiger charge is -2.12. The van der Waals surface area contributed by atoms with E-state index in [1.807, 2.05) is 19.1 Å². The Kier molecular flexibility index (Phi) is 3.23. The molecule has 5 nitrogen and oxygen atoms in total. The van der Waals surface area contributed by atoms with Gasteiger partial charge in [-0.25, -0.2) is 4.98 Å². The SMILES string of the molecule is COc1c(-c2cccnc2C)ccnc1C(N)=O. The largest absolute Gasteiger partial charge is 0.494 e. The highest BCUT2D eigenvalue weighted by atomic mass is 16.5. The van der Waals surface area contributed by atoms with Crippen molar-refractivity contribution in [1.29, 1.82) is 0 Å². The molecular formula is C13H13N3O2. The molecule has 92 valence electrons. The van der Waals surface area contributed by atoms with E-state index in [-0.39, 0.29) is 5.69 Å². The molecule has 0 aliphatic heterocycles.